The van der Waals surface area contributed by atoms with Crippen LogP contribution in [0.2, 0.25) is 0 Å². The van der Waals surface area contributed by atoms with E-state index in [2.05, 4.69) is 47.3 Å². The number of pyridine rings is 1. The van der Waals surface area contributed by atoms with Crippen molar-refractivity contribution in [2.45, 2.75) is 18.9 Å². The van der Waals surface area contributed by atoms with Crippen LogP contribution < -0.4 is 0 Å². The Kier molecular flexibility index (Phi) is 3.11. The maximum Gasteiger partial charge on any atom is 0.0749 e. The highest BCUT2D eigenvalue weighted by atomic mass is 15.1. The standard InChI is InChI=1S/C16H18N2/c1-18-12-6-10-15(18)14-9-5-11-17-16(14)13-7-3-2-4-8-13/h2-5,7-9,11,15H,6,10,12H2,1H3/t15-/m0/s1. The Morgan fingerprint density at radius 3 is 2.67 bits per heavy atom. The molecule has 1 aliphatic rings. The summed E-state index contributed by atoms with van der Waals surface area (Å²) in [5.74, 6) is 0. The normalized spacial score (nSPS) is 20.2. The van der Waals surface area contributed by atoms with E-state index in [0.717, 1.165) is 5.69 Å². The third kappa shape index (κ3) is 2.04. The lowest BCUT2D eigenvalue weighted by atomic mass is 9.98. The molecule has 0 saturated carbocycles. The highest BCUT2D eigenvalue weighted by Crippen LogP contribution is 2.35. The largest absolute Gasteiger partial charge is 0.299 e. The van der Waals surface area contributed by atoms with E-state index in [-0.39, 0.29) is 0 Å². The summed E-state index contributed by atoms with van der Waals surface area (Å²) >= 11 is 0. The molecule has 1 fully saturated rings. The summed E-state index contributed by atoms with van der Waals surface area (Å²) < 4.78 is 0. The molecule has 0 amide bonds. The van der Waals surface area contributed by atoms with E-state index in [1.54, 1.807) is 0 Å². The Hall–Kier alpha value is -1.67. The maximum atomic E-state index is 4.60. The second-order valence-corrected chi connectivity index (χ2v) is 4.95. The van der Waals surface area contributed by atoms with Crippen LogP contribution in [-0.2, 0) is 0 Å². The van der Waals surface area contributed by atoms with Gasteiger partial charge in [-0.1, -0.05) is 36.4 Å². The number of benzene rings is 1. The second-order valence-electron chi connectivity index (χ2n) is 4.95. The van der Waals surface area contributed by atoms with E-state index < -0.39 is 0 Å². The molecular formula is C16H18N2. The van der Waals surface area contributed by atoms with Gasteiger partial charge in [0.15, 0.2) is 0 Å². The topological polar surface area (TPSA) is 16.1 Å². The highest BCUT2D eigenvalue weighted by molar-refractivity contribution is 5.63. The lowest BCUT2D eigenvalue weighted by Crippen LogP contribution is -2.18. The second kappa shape index (κ2) is 4.91. The predicted molar refractivity (Wildman–Crippen MR) is 74.3 cm³/mol. The van der Waals surface area contributed by atoms with Crippen molar-refractivity contribution in [1.82, 2.24) is 9.88 Å². The van der Waals surface area contributed by atoms with Crippen molar-refractivity contribution in [1.29, 1.82) is 0 Å². The molecule has 92 valence electrons. The zero-order chi connectivity index (χ0) is 12.4. The Balaban J connectivity index is 2.05. The van der Waals surface area contributed by atoms with Crippen LogP contribution in [0.4, 0.5) is 0 Å². The molecule has 0 N–H and O–H groups in total. The summed E-state index contributed by atoms with van der Waals surface area (Å²) in [5.41, 5.74) is 3.72. The monoisotopic (exact) mass is 238 g/mol. The summed E-state index contributed by atoms with van der Waals surface area (Å²) in [6.07, 6.45) is 4.41. The smallest absolute Gasteiger partial charge is 0.0749 e. The first-order valence-corrected chi connectivity index (χ1v) is 6.57. The summed E-state index contributed by atoms with van der Waals surface area (Å²) in [6.45, 7) is 1.19. The van der Waals surface area contributed by atoms with Gasteiger partial charge in [0.1, 0.15) is 0 Å². The van der Waals surface area contributed by atoms with E-state index in [1.807, 2.05) is 18.3 Å². The Labute approximate surface area is 108 Å². The van der Waals surface area contributed by atoms with Crippen molar-refractivity contribution in [3.63, 3.8) is 0 Å². The first kappa shape index (κ1) is 11.4. The molecule has 18 heavy (non-hydrogen) atoms. The maximum absolute atomic E-state index is 4.60. The fraction of sp³-hybridized carbons (Fsp3) is 0.312. The van der Waals surface area contributed by atoms with Crippen LogP contribution in [0.15, 0.2) is 48.7 Å². The molecule has 1 aromatic carbocycles. The number of aromatic nitrogens is 1. The fourth-order valence-electron chi connectivity index (χ4n) is 2.83. The van der Waals surface area contributed by atoms with Crippen LogP contribution in [-0.4, -0.2) is 23.5 Å². The summed E-state index contributed by atoms with van der Waals surface area (Å²) in [6, 6.07) is 15.3. The van der Waals surface area contributed by atoms with Crippen LogP contribution in [0.1, 0.15) is 24.4 Å². The summed E-state index contributed by atoms with van der Waals surface area (Å²) in [5, 5.41) is 0. The highest BCUT2D eigenvalue weighted by Gasteiger charge is 2.25. The van der Waals surface area contributed by atoms with E-state index in [0.29, 0.717) is 6.04 Å². The third-order valence-corrected chi connectivity index (χ3v) is 3.77. The van der Waals surface area contributed by atoms with E-state index in [1.165, 1.54) is 30.5 Å². The van der Waals surface area contributed by atoms with Crippen molar-refractivity contribution in [2.75, 3.05) is 13.6 Å². The zero-order valence-electron chi connectivity index (χ0n) is 10.7. The lowest BCUT2D eigenvalue weighted by molar-refractivity contribution is 0.317. The number of nitrogens with zero attached hydrogens (tertiary/aromatic N) is 2. The fourth-order valence-corrected chi connectivity index (χ4v) is 2.83. The lowest BCUT2D eigenvalue weighted by Gasteiger charge is -2.22. The number of rotatable bonds is 2. The van der Waals surface area contributed by atoms with Gasteiger partial charge in [0.25, 0.3) is 0 Å². The Bertz CT molecular complexity index is 522. The van der Waals surface area contributed by atoms with Gasteiger partial charge in [-0.3, -0.25) is 9.88 Å². The van der Waals surface area contributed by atoms with E-state index in [9.17, 15) is 0 Å². The first-order chi connectivity index (χ1) is 8.86. The first-order valence-electron chi connectivity index (χ1n) is 6.57. The summed E-state index contributed by atoms with van der Waals surface area (Å²) in [7, 11) is 2.21. The molecule has 0 aliphatic carbocycles. The minimum atomic E-state index is 0.522. The van der Waals surface area contributed by atoms with Gasteiger partial charge < -0.3 is 0 Å². The van der Waals surface area contributed by atoms with Crippen LogP contribution >= 0.6 is 0 Å². The molecule has 1 atom stereocenters. The average molecular weight is 238 g/mol. The molecule has 1 saturated heterocycles. The van der Waals surface area contributed by atoms with Crippen LogP contribution in [0.25, 0.3) is 11.3 Å². The van der Waals surface area contributed by atoms with Gasteiger partial charge in [-0.2, -0.15) is 0 Å². The van der Waals surface area contributed by atoms with E-state index in [4.69, 9.17) is 0 Å². The predicted octanol–water partition coefficient (Wildman–Crippen LogP) is 3.52. The minimum absolute atomic E-state index is 0.522. The zero-order valence-corrected chi connectivity index (χ0v) is 10.7. The van der Waals surface area contributed by atoms with Gasteiger partial charge in [0.2, 0.25) is 0 Å². The molecule has 2 nitrogen and oxygen atoms in total. The quantitative estimate of drug-likeness (QED) is 0.796. The Morgan fingerprint density at radius 2 is 1.94 bits per heavy atom. The van der Waals surface area contributed by atoms with Crippen molar-refractivity contribution in [3.05, 3.63) is 54.2 Å². The Morgan fingerprint density at radius 1 is 1.11 bits per heavy atom. The van der Waals surface area contributed by atoms with Crippen LogP contribution in [0.3, 0.4) is 0 Å². The third-order valence-electron chi connectivity index (χ3n) is 3.77. The van der Waals surface area contributed by atoms with Gasteiger partial charge in [0.05, 0.1) is 5.69 Å². The number of hydrogen-bond donors (Lipinski definition) is 0. The molecule has 0 radical (unpaired) electrons. The van der Waals surface area contributed by atoms with Crippen LogP contribution in [0.5, 0.6) is 0 Å². The molecular weight excluding hydrogens is 220 g/mol. The van der Waals surface area contributed by atoms with Gasteiger partial charge in [-0.25, -0.2) is 0 Å². The molecule has 1 aromatic heterocycles. The van der Waals surface area contributed by atoms with E-state index >= 15 is 0 Å². The SMILES string of the molecule is CN1CCC[C@H]1c1cccnc1-c1ccccc1. The molecule has 0 unspecified atom stereocenters. The van der Waals surface area contributed by atoms with Crippen molar-refractivity contribution >= 4 is 0 Å². The molecule has 2 heterocycles. The van der Waals surface area contributed by atoms with Gasteiger partial charge in [-0.05, 0) is 38.1 Å². The molecule has 0 spiro atoms. The van der Waals surface area contributed by atoms with Crippen molar-refractivity contribution in [3.8, 4) is 11.3 Å². The van der Waals surface area contributed by atoms with Crippen molar-refractivity contribution in [2.24, 2.45) is 0 Å². The molecule has 3 rings (SSSR count). The van der Waals surface area contributed by atoms with Gasteiger partial charge in [-0.15, -0.1) is 0 Å². The number of likely N-dealkylation sites (tertiary alicyclic amines) is 1. The van der Waals surface area contributed by atoms with Crippen LogP contribution in [0, 0.1) is 0 Å². The van der Waals surface area contributed by atoms with Gasteiger partial charge in [0, 0.05) is 17.8 Å². The van der Waals surface area contributed by atoms with Crippen molar-refractivity contribution < 1.29 is 0 Å². The summed E-state index contributed by atoms with van der Waals surface area (Å²) in [4.78, 5) is 7.04. The molecule has 2 heteroatoms. The molecule has 2 aromatic rings. The number of hydrogen-bond acceptors (Lipinski definition) is 2. The molecule has 1 aliphatic heterocycles. The molecule has 0 bridgehead atoms. The average Bonchev–Trinajstić information content (AvgIpc) is 2.86. The minimum Gasteiger partial charge on any atom is -0.299 e. The van der Waals surface area contributed by atoms with Gasteiger partial charge >= 0.3 is 0 Å².